The molecule has 1 N–H and O–H groups in total. The molecule has 0 aliphatic carbocycles. The van der Waals surface area contributed by atoms with Crippen LogP contribution in [0.2, 0.25) is 0 Å². The van der Waals surface area contributed by atoms with Gasteiger partial charge in [-0.2, -0.15) is 0 Å². The van der Waals surface area contributed by atoms with Crippen LogP contribution in [0.4, 0.5) is 0 Å². The Hall–Kier alpha value is -0.120. The molecule has 3 nitrogen and oxygen atoms in total. The molecule has 0 aromatic carbocycles. The van der Waals surface area contributed by atoms with Crippen LogP contribution in [0.1, 0.15) is 53.4 Å². The van der Waals surface area contributed by atoms with Crippen LogP contribution >= 0.6 is 0 Å². The summed E-state index contributed by atoms with van der Waals surface area (Å²) in [6.45, 7) is 17.0. The van der Waals surface area contributed by atoms with Crippen LogP contribution in [0.3, 0.4) is 0 Å². The first-order valence-corrected chi connectivity index (χ1v) is 8.70. The van der Waals surface area contributed by atoms with Gasteiger partial charge in [-0.25, -0.2) is 0 Å². The van der Waals surface area contributed by atoms with Gasteiger partial charge in [-0.15, -0.1) is 0 Å². The SMILES string of the molecule is CCCN1CCC(N2CCCNC(C(C)(C)C)C2)CC1. The molecule has 20 heavy (non-hydrogen) atoms. The van der Waals surface area contributed by atoms with Gasteiger partial charge in [0.1, 0.15) is 0 Å². The second-order valence-corrected chi connectivity index (χ2v) is 7.79. The highest BCUT2D eigenvalue weighted by Crippen LogP contribution is 2.25. The Morgan fingerprint density at radius 2 is 1.80 bits per heavy atom. The second kappa shape index (κ2) is 7.24. The average molecular weight is 281 g/mol. The molecule has 2 saturated heterocycles. The van der Waals surface area contributed by atoms with Crippen molar-refractivity contribution < 1.29 is 0 Å². The molecule has 0 amide bonds. The van der Waals surface area contributed by atoms with Crippen molar-refractivity contribution in [3.05, 3.63) is 0 Å². The Labute approximate surface area is 126 Å². The lowest BCUT2D eigenvalue weighted by Crippen LogP contribution is -2.51. The minimum atomic E-state index is 0.367. The van der Waals surface area contributed by atoms with E-state index in [1.54, 1.807) is 0 Å². The van der Waals surface area contributed by atoms with E-state index in [1.165, 1.54) is 65.0 Å². The van der Waals surface area contributed by atoms with Gasteiger partial charge in [0, 0.05) is 18.6 Å². The van der Waals surface area contributed by atoms with Crippen molar-refractivity contribution in [3.63, 3.8) is 0 Å². The summed E-state index contributed by atoms with van der Waals surface area (Å²) in [5.74, 6) is 0. The van der Waals surface area contributed by atoms with Crippen molar-refractivity contribution in [2.45, 2.75) is 65.5 Å². The van der Waals surface area contributed by atoms with E-state index in [9.17, 15) is 0 Å². The summed E-state index contributed by atoms with van der Waals surface area (Å²) in [5, 5.41) is 3.77. The van der Waals surface area contributed by atoms with Gasteiger partial charge in [0.05, 0.1) is 0 Å². The van der Waals surface area contributed by atoms with Crippen LogP contribution in [0.15, 0.2) is 0 Å². The van der Waals surface area contributed by atoms with Gasteiger partial charge in [-0.1, -0.05) is 27.7 Å². The van der Waals surface area contributed by atoms with E-state index in [0.717, 1.165) is 6.04 Å². The van der Waals surface area contributed by atoms with Crippen LogP contribution < -0.4 is 5.32 Å². The average Bonchev–Trinajstić information content (AvgIpc) is 2.65. The lowest BCUT2D eigenvalue weighted by molar-refractivity contribution is 0.0933. The Bertz CT molecular complexity index is 276. The van der Waals surface area contributed by atoms with E-state index in [0.29, 0.717) is 11.5 Å². The van der Waals surface area contributed by atoms with E-state index in [4.69, 9.17) is 0 Å². The van der Waals surface area contributed by atoms with Gasteiger partial charge in [0.15, 0.2) is 0 Å². The molecule has 0 bridgehead atoms. The fraction of sp³-hybridized carbons (Fsp3) is 1.00. The van der Waals surface area contributed by atoms with Gasteiger partial charge in [-0.05, 0) is 63.8 Å². The zero-order chi connectivity index (χ0) is 14.6. The van der Waals surface area contributed by atoms with E-state index < -0.39 is 0 Å². The van der Waals surface area contributed by atoms with Crippen LogP contribution in [0, 0.1) is 5.41 Å². The fourth-order valence-corrected chi connectivity index (χ4v) is 3.68. The lowest BCUT2D eigenvalue weighted by atomic mass is 9.86. The summed E-state index contributed by atoms with van der Waals surface area (Å²) in [7, 11) is 0. The molecule has 118 valence electrons. The fourth-order valence-electron chi connectivity index (χ4n) is 3.68. The predicted molar refractivity (Wildman–Crippen MR) is 87.2 cm³/mol. The molecular formula is C17H35N3. The zero-order valence-electron chi connectivity index (χ0n) is 14.1. The zero-order valence-corrected chi connectivity index (χ0v) is 14.1. The molecule has 1 unspecified atom stereocenters. The van der Waals surface area contributed by atoms with Gasteiger partial charge < -0.3 is 10.2 Å². The number of piperidine rings is 1. The van der Waals surface area contributed by atoms with Crippen LogP contribution in [0.25, 0.3) is 0 Å². The van der Waals surface area contributed by atoms with Crippen molar-refractivity contribution >= 4 is 0 Å². The molecule has 0 radical (unpaired) electrons. The quantitative estimate of drug-likeness (QED) is 0.858. The van der Waals surface area contributed by atoms with Gasteiger partial charge >= 0.3 is 0 Å². The first-order valence-electron chi connectivity index (χ1n) is 8.70. The van der Waals surface area contributed by atoms with Crippen LogP contribution in [0.5, 0.6) is 0 Å². The Kier molecular flexibility index (Phi) is 5.88. The van der Waals surface area contributed by atoms with Gasteiger partial charge in [0.2, 0.25) is 0 Å². The molecule has 2 aliphatic rings. The summed E-state index contributed by atoms with van der Waals surface area (Å²) < 4.78 is 0. The van der Waals surface area contributed by atoms with Gasteiger partial charge in [0.25, 0.3) is 0 Å². The summed E-state index contributed by atoms with van der Waals surface area (Å²) >= 11 is 0. The van der Waals surface area contributed by atoms with Crippen molar-refractivity contribution in [2.24, 2.45) is 5.41 Å². The monoisotopic (exact) mass is 281 g/mol. The highest BCUT2D eigenvalue weighted by atomic mass is 15.2. The summed E-state index contributed by atoms with van der Waals surface area (Å²) in [5.41, 5.74) is 0.367. The number of hydrogen-bond acceptors (Lipinski definition) is 3. The third-order valence-corrected chi connectivity index (χ3v) is 5.09. The van der Waals surface area contributed by atoms with Crippen molar-refractivity contribution in [1.29, 1.82) is 0 Å². The molecule has 1 atom stereocenters. The largest absolute Gasteiger partial charge is 0.312 e. The summed E-state index contributed by atoms with van der Waals surface area (Å²) in [6.07, 6.45) is 5.35. The smallest absolute Gasteiger partial charge is 0.0243 e. The highest BCUT2D eigenvalue weighted by Gasteiger charge is 2.32. The maximum Gasteiger partial charge on any atom is 0.0243 e. The van der Waals surface area contributed by atoms with E-state index in [-0.39, 0.29) is 0 Å². The van der Waals surface area contributed by atoms with E-state index in [2.05, 4.69) is 42.8 Å². The second-order valence-electron chi connectivity index (χ2n) is 7.79. The minimum absolute atomic E-state index is 0.367. The van der Waals surface area contributed by atoms with Gasteiger partial charge in [-0.3, -0.25) is 4.90 Å². The summed E-state index contributed by atoms with van der Waals surface area (Å²) in [6, 6.07) is 1.46. The van der Waals surface area contributed by atoms with Crippen LogP contribution in [-0.2, 0) is 0 Å². The lowest BCUT2D eigenvalue weighted by Gasteiger charge is -2.41. The predicted octanol–water partition coefficient (Wildman–Crippen LogP) is 2.57. The number of nitrogens with zero attached hydrogens (tertiary/aromatic N) is 2. The standard InChI is InChI=1S/C17H35N3/c1-5-10-19-12-7-15(8-13-19)20-11-6-9-18-16(14-20)17(2,3)4/h15-16,18H,5-14H2,1-4H3. The van der Waals surface area contributed by atoms with Crippen LogP contribution in [-0.4, -0.2) is 61.2 Å². The topological polar surface area (TPSA) is 18.5 Å². The first-order chi connectivity index (χ1) is 9.50. The van der Waals surface area contributed by atoms with Crippen molar-refractivity contribution in [3.8, 4) is 0 Å². The first kappa shape index (κ1) is 16.3. The van der Waals surface area contributed by atoms with E-state index in [1.807, 2.05) is 0 Å². The molecule has 2 aliphatic heterocycles. The molecule has 2 fully saturated rings. The Morgan fingerprint density at radius 1 is 1.10 bits per heavy atom. The molecule has 0 aromatic heterocycles. The Morgan fingerprint density at radius 3 is 2.40 bits per heavy atom. The van der Waals surface area contributed by atoms with E-state index >= 15 is 0 Å². The molecule has 0 saturated carbocycles. The number of nitrogens with one attached hydrogen (secondary N) is 1. The van der Waals surface area contributed by atoms with Crippen molar-refractivity contribution in [1.82, 2.24) is 15.1 Å². The normalized spacial score (nSPS) is 28.5. The molecular weight excluding hydrogens is 246 g/mol. The number of rotatable bonds is 3. The summed E-state index contributed by atoms with van der Waals surface area (Å²) in [4.78, 5) is 5.44. The maximum absolute atomic E-state index is 3.77. The number of likely N-dealkylation sites (tertiary alicyclic amines) is 1. The molecule has 0 aromatic rings. The molecule has 0 spiro atoms. The minimum Gasteiger partial charge on any atom is -0.312 e. The highest BCUT2D eigenvalue weighted by molar-refractivity contribution is 4.89. The third-order valence-electron chi connectivity index (χ3n) is 5.09. The molecule has 2 rings (SSSR count). The maximum atomic E-state index is 3.77. The molecule has 2 heterocycles. The van der Waals surface area contributed by atoms with Crippen molar-refractivity contribution in [2.75, 3.05) is 39.3 Å². The third kappa shape index (κ3) is 4.44. The Balaban J connectivity index is 1.88. The number of hydrogen-bond donors (Lipinski definition) is 1. The molecule has 3 heteroatoms.